The first kappa shape index (κ1) is 15.4. The highest BCUT2D eigenvalue weighted by molar-refractivity contribution is 5.84. The third-order valence-electron chi connectivity index (χ3n) is 4.26. The van der Waals surface area contributed by atoms with Crippen molar-refractivity contribution < 1.29 is 4.74 Å². The molecule has 0 fully saturated rings. The number of pyridine rings is 1. The summed E-state index contributed by atoms with van der Waals surface area (Å²) in [4.78, 5) is 4.43. The van der Waals surface area contributed by atoms with Gasteiger partial charge < -0.3 is 4.74 Å². The Hall–Kier alpha value is -3.13. The molecule has 4 rings (SSSR count). The van der Waals surface area contributed by atoms with Crippen molar-refractivity contribution in [2.45, 2.75) is 13.0 Å². The average molecular weight is 325 g/mol. The van der Waals surface area contributed by atoms with Gasteiger partial charge in [-0.05, 0) is 35.2 Å². The first-order chi connectivity index (χ1) is 12.4. The normalized spacial score (nSPS) is 10.7. The number of aromatic nitrogens is 1. The van der Waals surface area contributed by atoms with Gasteiger partial charge in [0.05, 0.1) is 0 Å². The molecule has 4 aromatic rings. The molecule has 1 aromatic heterocycles. The molecule has 1 heterocycles. The van der Waals surface area contributed by atoms with Crippen LogP contribution in [0.5, 0.6) is 5.75 Å². The van der Waals surface area contributed by atoms with Crippen LogP contribution >= 0.6 is 0 Å². The molecular formula is C23H19NO. The summed E-state index contributed by atoms with van der Waals surface area (Å²) in [5, 5.41) is 1.10. The molecule has 0 spiro atoms. The van der Waals surface area contributed by atoms with Crippen molar-refractivity contribution in [2.75, 3.05) is 0 Å². The first-order valence-electron chi connectivity index (χ1n) is 8.47. The smallest absolute Gasteiger partial charge is 0.146 e. The fourth-order valence-electron chi connectivity index (χ4n) is 2.94. The van der Waals surface area contributed by atoms with E-state index in [9.17, 15) is 0 Å². The second-order valence-corrected chi connectivity index (χ2v) is 6.10. The van der Waals surface area contributed by atoms with Crippen LogP contribution in [0.1, 0.15) is 16.7 Å². The molecule has 0 saturated heterocycles. The standard InChI is InChI=1S/C23H19NO/c1-2-6-18(7-3-1)16-19-11-13-20(14-12-19)17-25-22-10-4-8-21-9-5-15-24-23(21)22/h1-15H,16-17H2. The van der Waals surface area contributed by atoms with Gasteiger partial charge in [0.25, 0.3) is 0 Å². The molecule has 0 bridgehead atoms. The first-order valence-corrected chi connectivity index (χ1v) is 8.47. The summed E-state index contributed by atoms with van der Waals surface area (Å²) in [6.07, 6.45) is 2.75. The lowest BCUT2D eigenvalue weighted by molar-refractivity contribution is 0.309. The minimum Gasteiger partial charge on any atom is -0.487 e. The molecule has 122 valence electrons. The van der Waals surface area contributed by atoms with Crippen molar-refractivity contribution >= 4 is 10.9 Å². The second kappa shape index (κ2) is 7.18. The van der Waals surface area contributed by atoms with Crippen LogP contribution in [0.3, 0.4) is 0 Å². The van der Waals surface area contributed by atoms with E-state index in [1.54, 1.807) is 6.20 Å². The van der Waals surface area contributed by atoms with Crippen molar-refractivity contribution in [1.82, 2.24) is 4.98 Å². The highest BCUT2D eigenvalue weighted by Gasteiger charge is 2.03. The number of nitrogens with zero attached hydrogens (tertiary/aromatic N) is 1. The summed E-state index contributed by atoms with van der Waals surface area (Å²) >= 11 is 0. The summed E-state index contributed by atoms with van der Waals surface area (Å²) in [6.45, 7) is 0.543. The van der Waals surface area contributed by atoms with Gasteiger partial charge in [0.1, 0.15) is 17.9 Å². The van der Waals surface area contributed by atoms with Crippen molar-refractivity contribution in [1.29, 1.82) is 0 Å². The third kappa shape index (κ3) is 3.69. The minimum absolute atomic E-state index is 0.543. The molecule has 2 heteroatoms. The summed E-state index contributed by atoms with van der Waals surface area (Å²) in [7, 11) is 0. The lowest BCUT2D eigenvalue weighted by Crippen LogP contribution is -1.97. The van der Waals surface area contributed by atoms with E-state index >= 15 is 0 Å². The number of hydrogen-bond acceptors (Lipinski definition) is 2. The van der Waals surface area contributed by atoms with Gasteiger partial charge in [-0.15, -0.1) is 0 Å². The van der Waals surface area contributed by atoms with Crippen LogP contribution in [0.2, 0.25) is 0 Å². The van der Waals surface area contributed by atoms with Gasteiger partial charge in [0, 0.05) is 11.6 Å². The molecule has 0 radical (unpaired) electrons. The lowest BCUT2D eigenvalue weighted by atomic mass is 10.0. The predicted molar refractivity (Wildman–Crippen MR) is 102 cm³/mol. The zero-order chi connectivity index (χ0) is 16.9. The van der Waals surface area contributed by atoms with Crippen LogP contribution in [-0.4, -0.2) is 4.98 Å². The van der Waals surface area contributed by atoms with E-state index in [1.165, 1.54) is 11.1 Å². The molecule has 2 nitrogen and oxygen atoms in total. The molecule has 0 aliphatic carbocycles. The van der Waals surface area contributed by atoms with Crippen molar-refractivity contribution in [3.05, 3.63) is 108 Å². The van der Waals surface area contributed by atoms with E-state index in [1.807, 2.05) is 36.4 Å². The molecule has 0 aliphatic heterocycles. The average Bonchev–Trinajstić information content (AvgIpc) is 2.68. The van der Waals surface area contributed by atoms with Crippen LogP contribution in [0.15, 0.2) is 91.1 Å². The van der Waals surface area contributed by atoms with Gasteiger partial charge in [-0.25, -0.2) is 0 Å². The Morgan fingerprint density at radius 1 is 0.640 bits per heavy atom. The maximum atomic E-state index is 6.00. The van der Waals surface area contributed by atoms with E-state index in [0.717, 1.165) is 28.6 Å². The number of benzene rings is 3. The Kier molecular flexibility index (Phi) is 4.42. The maximum absolute atomic E-state index is 6.00. The van der Waals surface area contributed by atoms with Crippen molar-refractivity contribution in [3.8, 4) is 5.75 Å². The highest BCUT2D eigenvalue weighted by Crippen LogP contribution is 2.24. The van der Waals surface area contributed by atoms with Crippen LogP contribution in [0.25, 0.3) is 10.9 Å². The lowest BCUT2D eigenvalue weighted by Gasteiger charge is -2.09. The summed E-state index contributed by atoms with van der Waals surface area (Å²) in [6, 6.07) is 29.2. The molecule has 0 saturated carbocycles. The van der Waals surface area contributed by atoms with Gasteiger partial charge in [0.2, 0.25) is 0 Å². The number of fused-ring (bicyclic) bond motifs is 1. The Morgan fingerprint density at radius 2 is 1.36 bits per heavy atom. The van der Waals surface area contributed by atoms with E-state index < -0.39 is 0 Å². The van der Waals surface area contributed by atoms with Crippen LogP contribution < -0.4 is 4.74 Å². The maximum Gasteiger partial charge on any atom is 0.146 e. The molecule has 0 N–H and O–H groups in total. The van der Waals surface area contributed by atoms with E-state index in [4.69, 9.17) is 4.74 Å². The van der Waals surface area contributed by atoms with Crippen LogP contribution in [0.4, 0.5) is 0 Å². The largest absolute Gasteiger partial charge is 0.487 e. The summed E-state index contributed by atoms with van der Waals surface area (Å²) in [5.74, 6) is 0.825. The van der Waals surface area contributed by atoms with Gasteiger partial charge in [0.15, 0.2) is 0 Å². The Morgan fingerprint density at radius 3 is 2.20 bits per heavy atom. The Labute approximate surface area is 147 Å². The quantitative estimate of drug-likeness (QED) is 0.490. The molecule has 0 unspecified atom stereocenters. The van der Waals surface area contributed by atoms with Crippen LogP contribution in [0, 0.1) is 0 Å². The Bertz CT molecular complexity index is 957. The number of hydrogen-bond donors (Lipinski definition) is 0. The molecular weight excluding hydrogens is 306 g/mol. The monoisotopic (exact) mass is 325 g/mol. The Balaban J connectivity index is 1.44. The second-order valence-electron chi connectivity index (χ2n) is 6.10. The fourth-order valence-corrected chi connectivity index (χ4v) is 2.94. The van der Waals surface area contributed by atoms with Gasteiger partial charge in [-0.3, -0.25) is 4.98 Å². The third-order valence-corrected chi connectivity index (χ3v) is 4.26. The topological polar surface area (TPSA) is 22.1 Å². The molecule has 25 heavy (non-hydrogen) atoms. The van der Waals surface area contributed by atoms with Crippen molar-refractivity contribution in [2.24, 2.45) is 0 Å². The fraction of sp³-hybridized carbons (Fsp3) is 0.0870. The molecule has 0 aliphatic rings. The molecule has 0 amide bonds. The summed E-state index contributed by atoms with van der Waals surface area (Å²) in [5.41, 5.74) is 4.70. The van der Waals surface area contributed by atoms with Crippen LogP contribution in [-0.2, 0) is 13.0 Å². The minimum atomic E-state index is 0.543. The SMILES string of the molecule is c1ccc(Cc2ccc(COc3cccc4cccnc34)cc2)cc1. The van der Waals surface area contributed by atoms with E-state index in [0.29, 0.717) is 6.61 Å². The predicted octanol–water partition coefficient (Wildman–Crippen LogP) is 5.40. The highest BCUT2D eigenvalue weighted by atomic mass is 16.5. The molecule has 3 aromatic carbocycles. The molecule has 0 atom stereocenters. The van der Waals surface area contributed by atoms with E-state index in [2.05, 4.69) is 53.5 Å². The number of rotatable bonds is 5. The summed E-state index contributed by atoms with van der Waals surface area (Å²) < 4.78 is 6.00. The number of para-hydroxylation sites is 1. The van der Waals surface area contributed by atoms with E-state index in [-0.39, 0.29) is 0 Å². The zero-order valence-electron chi connectivity index (χ0n) is 13.9. The number of ether oxygens (including phenoxy) is 1. The van der Waals surface area contributed by atoms with Crippen molar-refractivity contribution in [3.63, 3.8) is 0 Å². The van der Waals surface area contributed by atoms with Gasteiger partial charge in [-0.2, -0.15) is 0 Å². The zero-order valence-corrected chi connectivity index (χ0v) is 13.9. The van der Waals surface area contributed by atoms with Gasteiger partial charge >= 0.3 is 0 Å². The van der Waals surface area contributed by atoms with Gasteiger partial charge in [-0.1, -0.05) is 72.8 Å².